The van der Waals surface area contributed by atoms with Crippen molar-refractivity contribution in [3.8, 4) is 0 Å². The van der Waals surface area contributed by atoms with E-state index < -0.39 is 5.60 Å². The second kappa shape index (κ2) is 3.88. The molecular weight excluding hydrogens is 196 g/mol. The second-order valence-electron chi connectivity index (χ2n) is 4.21. The van der Waals surface area contributed by atoms with Crippen LogP contribution >= 0.6 is 0 Å². The quantitative estimate of drug-likeness (QED) is 0.691. The Balaban J connectivity index is 2.12. The summed E-state index contributed by atoms with van der Waals surface area (Å²) >= 11 is 0. The van der Waals surface area contributed by atoms with Crippen LogP contribution in [0.4, 0.5) is 0 Å². The molecule has 1 aromatic heterocycles. The Labute approximate surface area is 88.3 Å². The third-order valence-electron chi connectivity index (χ3n) is 2.46. The van der Waals surface area contributed by atoms with E-state index >= 15 is 0 Å². The average molecular weight is 212 g/mol. The van der Waals surface area contributed by atoms with E-state index in [0.29, 0.717) is 31.2 Å². The lowest BCUT2D eigenvalue weighted by Gasteiger charge is -2.14. The van der Waals surface area contributed by atoms with Gasteiger partial charge < -0.3 is 19.8 Å². The van der Waals surface area contributed by atoms with Gasteiger partial charge in [0.05, 0.1) is 6.54 Å². The first kappa shape index (κ1) is 10.5. The lowest BCUT2D eigenvalue weighted by molar-refractivity contribution is 0.0243. The van der Waals surface area contributed by atoms with Crippen molar-refractivity contribution >= 4 is 0 Å². The molecule has 1 atom stereocenters. The number of aliphatic hydroxyl groups is 1. The highest BCUT2D eigenvalue weighted by molar-refractivity contribution is 5.03. The zero-order valence-electron chi connectivity index (χ0n) is 9.03. The van der Waals surface area contributed by atoms with E-state index in [9.17, 15) is 5.11 Å². The second-order valence-corrected chi connectivity index (χ2v) is 4.21. The molecule has 1 aliphatic heterocycles. The van der Waals surface area contributed by atoms with Gasteiger partial charge in [-0.15, -0.1) is 0 Å². The first-order valence-electron chi connectivity index (χ1n) is 5.01. The van der Waals surface area contributed by atoms with Gasteiger partial charge >= 0.3 is 0 Å². The molecule has 1 saturated heterocycles. The van der Waals surface area contributed by atoms with Crippen molar-refractivity contribution in [3.05, 3.63) is 11.7 Å². The van der Waals surface area contributed by atoms with Crippen molar-refractivity contribution < 1.29 is 9.63 Å². The van der Waals surface area contributed by atoms with Gasteiger partial charge in [0.15, 0.2) is 11.4 Å². The Morgan fingerprint density at radius 2 is 2.40 bits per heavy atom. The van der Waals surface area contributed by atoms with Gasteiger partial charge in [-0.25, -0.2) is 0 Å². The summed E-state index contributed by atoms with van der Waals surface area (Å²) in [6.07, 6.45) is 0.622. The number of β-amino-alcohol motifs (C(OH)–C–C–N with tert-alkyl or cyclic N) is 1. The summed E-state index contributed by atoms with van der Waals surface area (Å²) in [7, 11) is 3.86. The van der Waals surface area contributed by atoms with Crippen LogP contribution < -0.4 is 5.32 Å². The summed E-state index contributed by atoms with van der Waals surface area (Å²) < 4.78 is 5.07. The number of hydrogen-bond donors (Lipinski definition) is 2. The highest BCUT2D eigenvalue weighted by Crippen LogP contribution is 2.25. The lowest BCUT2D eigenvalue weighted by atomic mass is 10.0. The monoisotopic (exact) mass is 212 g/mol. The number of hydrogen-bond acceptors (Lipinski definition) is 6. The summed E-state index contributed by atoms with van der Waals surface area (Å²) in [6, 6.07) is 0. The van der Waals surface area contributed by atoms with Gasteiger partial charge in [0, 0.05) is 6.54 Å². The summed E-state index contributed by atoms with van der Waals surface area (Å²) in [5.74, 6) is 0.930. The maximum absolute atomic E-state index is 10.1. The first-order chi connectivity index (χ1) is 7.10. The minimum absolute atomic E-state index is 0.323. The summed E-state index contributed by atoms with van der Waals surface area (Å²) in [6.45, 7) is 1.88. The lowest BCUT2D eigenvalue weighted by Crippen LogP contribution is -2.28. The van der Waals surface area contributed by atoms with Crippen molar-refractivity contribution in [2.24, 2.45) is 0 Å². The third kappa shape index (κ3) is 2.17. The molecule has 0 aromatic carbocycles. The van der Waals surface area contributed by atoms with E-state index in [4.69, 9.17) is 4.52 Å². The van der Waals surface area contributed by atoms with Crippen LogP contribution in [0.5, 0.6) is 0 Å². The maximum Gasteiger partial charge on any atom is 0.260 e. The van der Waals surface area contributed by atoms with E-state index in [-0.39, 0.29) is 0 Å². The molecule has 2 rings (SSSR count). The molecule has 1 aliphatic rings. The van der Waals surface area contributed by atoms with Crippen LogP contribution in [0.15, 0.2) is 4.52 Å². The topological polar surface area (TPSA) is 74.4 Å². The smallest absolute Gasteiger partial charge is 0.260 e. The normalized spacial score (nSPS) is 26.4. The average Bonchev–Trinajstić information content (AvgIpc) is 2.74. The van der Waals surface area contributed by atoms with Crippen LogP contribution in [0.25, 0.3) is 0 Å². The van der Waals surface area contributed by atoms with Gasteiger partial charge in [-0.05, 0) is 27.1 Å². The minimum Gasteiger partial charge on any atom is -0.379 e. The minimum atomic E-state index is -0.975. The molecule has 2 N–H and O–H groups in total. The van der Waals surface area contributed by atoms with Crippen molar-refractivity contribution in [2.45, 2.75) is 18.6 Å². The fourth-order valence-electron chi connectivity index (χ4n) is 1.65. The number of aromatic nitrogens is 2. The zero-order valence-corrected chi connectivity index (χ0v) is 9.03. The van der Waals surface area contributed by atoms with Gasteiger partial charge in [-0.3, -0.25) is 0 Å². The van der Waals surface area contributed by atoms with Gasteiger partial charge in [0.25, 0.3) is 5.89 Å². The van der Waals surface area contributed by atoms with E-state index in [2.05, 4.69) is 15.5 Å². The van der Waals surface area contributed by atoms with Gasteiger partial charge in [0.1, 0.15) is 0 Å². The molecule has 1 aromatic rings. The molecule has 1 unspecified atom stereocenters. The Bertz CT molecular complexity index is 331. The molecule has 6 heteroatoms. The van der Waals surface area contributed by atoms with E-state index in [0.717, 1.165) is 6.54 Å². The van der Waals surface area contributed by atoms with Crippen LogP contribution in [0, 0.1) is 0 Å². The van der Waals surface area contributed by atoms with Crippen LogP contribution in [0.1, 0.15) is 18.1 Å². The van der Waals surface area contributed by atoms with E-state index in [1.165, 1.54) is 0 Å². The van der Waals surface area contributed by atoms with Gasteiger partial charge in [-0.2, -0.15) is 4.98 Å². The number of nitrogens with one attached hydrogen (secondary N) is 1. The highest BCUT2D eigenvalue weighted by atomic mass is 16.5. The van der Waals surface area contributed by atoms with Crippen LogP contribution in [0.3, 0.4) is 0 Å². The molecule has 0 amide bonds. The molecule has 0 radical (unpaired) electrons. The predicted octanol–water partition coefficient (Wildman–Crippen LogP) is -0.688. The van der Waals surface area contributed by atoms with Crippen LogP contribution in [-0.4, -0.2) is 47.3 Å². The van der Waals surface area contributed by atoms with Crippen molar-refractivity contribution in [2.75, 3.05) is 27.2 Å². The Kier molecular flexibility index (Phi) is 2.72. The Hall–Kier alpha value is -0.980. The summed E-state index contributed by atoms with van der Waals surface area (Å²) in [4.78, 5) is 6.14. The third-order valence-corrected chi connectivity index (χ3v) is 2.46. The summed E-state index contributed by atoms with van der Waals surface area (Å²) in [5, 5.41) is 17.0. The molecule has 0 saturated carbocycles. The fourth-order valence-corrected chi connectivity index (χ4v) is 1.65. The van der Waals surface area contributed by atoms with Gasteiger partial charge in [-0.1, -0.05) is 5.16 Å². The number of rotatable bonds is 3. The fraction of sp³-hybridized carbons (Fsp3) is 0.778. The Morgan fingerprint density at radius 1 is 1.60 bits per heavy atom. The molecule has 0 aliphatic carbocycles. The maximum atomic E-state index is 10.1. The molecule has 2 heterocycles. The number of nitrogens with zero attached hydrogens (tertiary/aromatic N) is 3. The van der Waals surface area contributed by atoms with Gasteiger partial charge in [0.2, 0.25) is 0 Å². The predicted molar refractivity (Wildman–Crippen MR) is 53.1 cm³/mol. The molecule has 15 heavy (non-hydrogen) atoms. The van der Waals surface area contributed by atoms with Crippen LogP contribution in [0.2, 0.25) is 0 Å². The van der Waals surface area contributed by atoms with Crippen molar-refractivity contribution in [3.63, 3.8) is 0 Å². The molecule has 0 spiro atoms. The zero-order chi connectivity index (χ0) is 10.9. The molecule has 84 valence electrons. The standard InChI is InChI=1S/C9H16N4O2/c1-13(2)5-7-11-8(15-12-7)9(14)3-4-10-6-9/h10,14H,3-6H2,1-2H3. The first-order valence-corrected chi connectivity index (χ1v) is 5.01. The molecular formula is C9H16N4O2. The van der Waals surface area contributed by atoms with E-state index in [1.54, 1.807) is 0 Å². The molecule has 0 bridgehead atoms. The molecule has 1 fully saturated rings. The molecule has 6 nitrogen and oxygen atoms in total. The highest BCUT2D eigenvalue weighted by Gasteiger charge is 2.38. The Morgan fingerprint density at radius 3 is 3.00 bits per heavy atom. The largest absolute Gasteiger partial charge is 0.379 e. The van der Waals surface area contributed by atoms with Crippen molar-refractivity contribution in [1.82, 2.24) is 20.4 Å². The SMILES string of the molecule is CN(C)Cc1noc(C2(O)CCNC2)n1. The summed E-state index contributed by atoms with van der Waals surface area (Å²) in [5.41, 5.74) is -0.975. The van der Waals surface area contributed by atoms with Crippen LogP contribution in [-0.2, 0) is 12.1 Å². The van der Waals surface area contributed by atoms with E-state index in [1.807, 2.05) is 19.0 Å². The van der Waals surface area contributed by atoms with Crippen molar-refractivity contribution in [1.29, 1.82) is 0 Å².